The van der Waals surface area contributed by atoms with Crippen molar-refractivity contribution in [1.82, 2.24) is 4.98 Å². The van der Waals surface area contributed by atoms with E-state index in [2.05, 4.69) is 15.6 Å². The number of ether oxygens (including phenoxy) is 1. The minimum absolute atomic E-state index is 0.0140. The first-order chi connectivity index (χ1) is 13.6. The Morgan fingerprint density at radius 1 is 1.25 bits per heavy atom. The molecule has 0 radical (unpaired) electrons. The zero-order valence-corrected chi connectivity index (χ0v) is 16.3. The molecule has 0 fully saturated rings. The SMILES string of the molecule is O=C(COc1ccc2c(c1)CCC(=O)N2)Nc1nc(-c2ccccc2Cl)cs1. The lowest BCUT2D eigenvalue weighted by Crippen LogP contribution is -2.21. The molecule has 1 aromatic heterocycles. The number of carbonyl (C=O) groups excluding carboxylic acids is 2. The van der Waals surface area contributed by atoms with Gasteiger partial charge in [-0.1, -0.05) is 29.8 Å². The molecule has 6 nitrogen and oxygen atoms in total. The molecule has 1 aliphatic heterocycles. The summed E-state index contributed by atoms with van der Waals surface area (Å²) >= 11 is 7.51. The van der Waals surface area contributed by atoms with Gasteiger partial charge in [0.15, 0.2) is 11.7 Å². The van der Waals surface area contributed by atoms with Gasteiger partial charge in [-0.05, 0) is 36.2 Å². The van der Waals surface area contributed by atoms with Crippen LogP contribution in [0.25, 0.3) is 11.3 Å². The Hall–Kier alpha value is -2.90. The van der Waals surface area contributed by atoms with Gasteiger partial charge in [0.25, 0.3) is 5.91 Å². The summed E-state index contributed by atoms with van der Waals surface area (Å²) in [6.07, 6.45) is 1.11. The molecule has 2 heterocycles. The molecule has 142 valence electrons. The number of aryl methyl sites for hydroxylation is 1. The van der Waals surface area contributed by atoms with Gasteiger partial charge in [-0.3, -0.25) is 14.9 Å². The molecule has 0 unspecified atom stereocenters. The van der Waals surface area contributed by atoms with Crippen LogP contribution in [0, 0.1) is 0 Å². The highest BCUT2D eigenvalue weighted by Crippen LogP contribution is 2.30. The summed E-state index contributed by atoms with van der Waals surface area (Å²) < 4.78 is 5.57. The Morgan fingerprint density at radius 2 is 2.11 bits per heavy atom. The Labute approximate surface area is 170 Å². The van der Waals surface area contributed by atoms with Crippen molar-refractivity contribution in [3.8, 4) is 17.0 Å². The van der Waals surface area contributed by atoms with Gasteiger partial charge in [-0.25, -0.2) is 4.98 Å². The molecule has 2 aromatic carbocycles. The Balaban J connectivity index is 1.35. The first kappa shape index (κ1) is 18.5. The number of aromatic nitrogens is 1. The topological polar surface area (TPSA) is 80.3 Å². The van der Waals surface area contributed by atoms with Gasteiger partial charge >= 0.3 is 0 Å². The Kier molecular flexibility index (Phi) is 5.27. The van der Waals surface area contributed by atoms with E-state index < -0.39 is 0 Å². The maximum absolute atomic E-state index is 12.2. The molecule has 2 N–H and O–H groups in total. The van der Waals surface area contributed by atoms with Crippen LogP contribution in [-0.2, 0) is 16.0 Å². The van der Waals surface area contributed by atoms with E-state index in [-0.39, 0.29) is 18.4 Å². The normalized spacial score (nSPS) is 12.8. The van der Waals surface area contributed by atoms with Crippen molar-refractivity contribution >= 4 is 45.6 Å². The lowest BCUT2D eigenvalue weighted by Gasteiger charge is -2.17. The molecule has 28 heavy (non-hydrogen) atoms. The number of nitrogens with one attached hydrogen (secondary N) is 2. The predicted octanol–water partition coefficient (Wildman–Crippen LogP) is 4.37. The van der Waals surface area contributed by atoms with Crippen LogP contribution in [-0.4, -0.2) is 23.4 Å². The summed E-state index contributed by atoms with van der Waals surface area (Å²) in [4.78, 5) is 28.0. The second-order valence-corrected chi connectivity index (χ2v) is 7.49. The number of benzene rings is 2. The number of halogens is 1. The monoisotopic (exact) mass is 413 g/mol. The van der Waals surface area contributed by atoms with Crippen molar-refractivity contribution in [2.24, 2.45) is 0 Å². The van der Waals surface area contributed by atoms with E-state index in [1.54, 1.807) is 18.2 Å². The van der Waals surface area contributed by atoms with Crippen molar-refractivity contribution < 1.29 is 14.3 Å². The predicted molar refractivity (Wildman–Crippen MR) is 110 cm³/mol. The van der Waals surface area contributed by atoms with Crippen molar-refractivity contribution in [3.05, 3.63) is 58.4 Å². The quantitative estimate of drug-likeness (QED) is 0.651. The maximum atomic E-state index is 12.2. The smallest absolute Gasteiger partial charge is 0.264 e. The van der Waals surface area contributed by atoms with Gasteiger partial charge in [-0.15, -0.1) is 11.3 Å². The number of hydrogen-bond acceptors (Lipinski definition) is 5. The molecule has 4 rings (SSSR count). The summed E-state index contributed by atoms with van der Waals surface area (Å²) in [5.41, 5.74) is 3.33. The van der Waals surface area contributed by atoms with E-state index >= 15 is 0 Å². The average Bonchev–Trinajstić information content (AvgIpc) is 3.14. The lowest BCUT2D eigenvalue weighted by atomic mass is 10.0. The molecule has 1 aliphatic rings. The number of rotatable bonds is 5. The van der Waals surface area contributed by atoms with Gasteiger partial charge in [0.05, 0.1) is 5.69 Å². The largest absolute Gasteiger partial charge is 0.484 e. The van der Waals surface area contributed by atoms with Crippen LogP contribution in [0.5, 0.6) is 5.75 Å². The van der Waals surface area contributed by atoms with Crippen LogP contribution >= 0.6 is 22.9 Å². The van der Waals surface area contributed by atoms with E-state index in [0.29, 0.717) is 34.4 Å². The minimum atomic E-state index is -0.300. The van der Waals surface area contributed by atoms with Crippen molar-refractivity contribution in [1.29, 1.82) is 0 Å². The third-order valence-corrected chi connectivity index (χ3v) is 5.33. The second-order valence-electron chi connectivity index (χ2n) is 6.22. The zero-order chi connectivity index (χ0) is 19.5. The third kappa shape index (κ3) is 4.16. The molecule has 0 aliphatic carbocycles. The first-order valence-electron chi connectivity index (χ1n) is 8.64. The summed E-state index contributed by atoms with van der Waals surface area (Å²) in [6, 6.07) is 12.8. The van der Waals surface area contributed by atoms with Crippen molar-refractivity contribution in [2.45, 2.75) is 12.8 Å². The molecule has 0 bridgehead atoms. The molecule has 0 spiro atoms. The molecular formula is C20H16ClN3O3S. The summed E-state index contributed by atoms with van der Waals surface area (Å²) in [5.74, 6) is 0.298. The molecule has 2 amide bonds. The highest BCUT2D eigenvalue weighted by molar-refractivity contribution is 7.14. The van der Waals surface area contributed by atoms with Crippen LogP contribution in [0.4, 0.5) is 10.8 Å². The van der Waals surface area contributed by atoms with Gasteiger partial charge in [0.1, 0.15) is 5.75 Å². The van der Waals surface area contributed by atoms with E-state index in [0.717, 1.165) is 16.8 Å². The number of amides is 2. The van der Waals surface area contributed by atoms with Crippen LogP contribution in [0.1, 0.15) is 12.0 Å². The molecule has 8 heteroatoms. The van der Waals surface area contributed by atoms with E-state index in [4.69, 9.17) is 16.3 Å². The summed E-state index contributed by atoms with van der Waals surface area (Å²) in [6.45, 7) is -0.133. The molecule has 0 saturated heterocycles. The number of hydrogen-bond donors (Lipinski definition) is 2. The first-order valence-corrected chi connectivity index (χ1v) is 9.90. The Bertz CT molecular complexity index is 1050. The van der Waals surface area contributed by atoms with Crippen molar-refractivity contribution in [3.63, 3.8) is 0 Å². The number of thiazole rings is 1. The zero-order valence-electron chi connectivity index (χ0n) is 14.7. The maximum Gasteiger partial charge on any atom is 0.264 e. The second kappa shape index (κ2) is 8.00. The molecule has 0 atom stereocenters. The number of anilines is 2. The fourth-order valence-electron chi connectivity index (χ4n) is 2.88. The molecule has 3 aromatic rings. The van der Waals surface area contributed by atoms with Gasteiger partial charge < -0.3 is 10.1 Å². The summed E-state index contributed by atoms with van der Waals surface area (Å²) in [5, 5.41) is 8.48. The van der Waals surface area contributed by atoms with E-state index in [9.17, 15) is 9.59 Å². The molecule has 0 saturated carbocycles. The van der Waals surface area contributed by atoms with Crippen LogP contribution in [0.2, 0.25) is 5.02 Å². The van der Waals surface area contributed by atoms with Gasteiger partial charge in [0.2, 0.25) is 5.91 Å². The van der Waals surface area contributed by atoms with Gasteiger partial charge in [-0.2, -0.15) is 0 Å². The fraction of sp³-hybridized carbons (Fsp3) is 0.150. The van der Waals surface area contributed by atoms with Gasteiger partial charge in [0, 0.05) is 28.1 Å². The highest BCUT2D eigenvalue weighted by Gasteiger charge is 2.16. The number of carbonyl (C=O) groups is 2. The average molecular weight is 414 g/mol. The van der Waals surface area contributed by atoms with Crippen LogP contribution < -0.4 is 15.4 Å². The van der Waals surface area contributed by atoms with Crippen molar-refractivity contribution in [2.75, 3.05) is 17.2 Å². The molecular weight excluding hydrogens is 398 g/mol. The summed E-state index contributed by atoms with van der Waals surface area (Å²) in [7, 11) is 0. The third-order valence-electron chi connectivity index (χ3n) is 4.24. The highest BCUT2D eigenvalue weighted by atomic mass is 35.5. The number of nitrogens with zero attached hydrogens (tertiary/aromatic N) is 1. The fourth-order valence-corrected chi connectivity index (χ4v) is 3.84. The Morgan fingerprint density at radius 3 is 2.96 bits per heavy atom. The van der Waals surface area contributed by atoms with Crippen LogP contribution in [0.15, 0.2) is 47.8 Å². The number of fused-ring (bicyclic) bond motifs is 1. The lowest BCUT2D eigenvalue weighted by molar-refractivity contribution is -0.118. The standard InChI is InChI=1S/C20H16ClN3O3S/c21-15-4-2-1-3-14(15)17-11-28-20(23-17)24-19(26)10-27-13-6-7-16-12(9-13)5-8-18(25)22-16/h1-4,6-7,9,11H,5,8,10H2,(H,22,25)(H,23,24,26). The van der Waals surface area contributed by atoms with E-state index in [1.165, 1.54) is 11.3 Å². The minimum Gasteiger partial charge on any atom is -0.484 e. The van der Waals surface area contributed by atoms with E-state index in [1.807, 2.05) is 29.6 Å². The van der Waals surface area contributed by atoms with Crippen LogP contribution in [0.3, 0.4) is 0 Å².